The van der Waals surface area contributed by atoms with Gasteiger partial charge in [0.1, 0.15) is 0 Å². The second-order valence-corrected chi connectivity index (χ2v) is 3.38. The molecule has 0 aliphatic carbocycles. The van der Waals surface area contributed by atoms with E-state index in [0.717, 1.165) is 12.1 Å². The van der Waals surface area contributed by atoms with E-state index in [1.807, 2.05) is 0 Å². The summed E-state index contributed by atoms with van der Waals surface area (Å²) >= 11 is 5.44. The Morgan fingerprint density at radius 2 is 2.00 bits per heavy atom. The molecule has 0 atom stereocenters. The topological polar surface area (TPSA) is 0 Å². The lowest BCUT2D eigenvalue weighted by atomic mass is 10.1. The molecule has 0 nitrogen and oxygen atoms in total. The van der Waals surface area contributed by atoms with Gasteiger partial charge in [-0.1, -0.05) is 24.3 Å². The molecule has 0 unspecified atom stereocenters. The number of rotatable bonds is 3. The molecule has 0 amide bonds. The lowest BCUT2D eigenvalue weighted by Crippen LogP contribution is -2.04. The van der Waals surface area contributed by atoms with Gasteiger partial charge in [0.2, 0.25) is 0 Å². The molecule has 0 saturated heterocycles. The van der Waals surface area contributed by atoms with Crippen molar-refractivity contribution in [3.63, 3.8) is 0 Å². The van der Waals surface area contributed by atoms with Crippen molar-refractivity contribution in [2.45, 2.75) is 12.6 Å². The highest BCUT2D eigenvalue weighted by atomic mass is 35.5. The predicted octanol–water partition coefficient (Wildman–Crippen LogP) is 4.35. The molecular formula is C11H10ClF3. The highest BCUT2D eigenvalue weighted by Gasteiger charge is 2.30. The van der Waals surface area contributed by atoms with Crippen LogP contribution in [0, 0.1) is 0 Å². The number of benzene rings is 1. The number of halogens is 4. The standard InChI is InChI=1S/C11H10ClF3/c12-7-2-1-4-9-5-3-6-10(8-9)11(13,14)15/h1,3-6,8H,2,7H2. The maximum absolute atomic E-state index is 12.3. The first-order chi connectivity index (χ1) is 7.04. The zero-order valence-electron chi connectivity index (χ0n) is 7.89. The van der Waals surface area contributed by atoms with Crippen LogP contribution in [0.5, 0.6) is 0 Å². The summed E-state index contributed by atoms with van der Waals surface area (Å²) in [7, 11) is 0. The third-order valence-corrected chi connectivity index (χ3v) is 2.02. The summed E-state index contributed by atoms with van der Waals surface area (Å²) in [5.74, 6) is 0.468. The minimum Gasteiger partial charge on any atom is -0.166 e. The molecule has 0 fully saturated rings. The molecule has 4 heteroatoms. The van der Waals surface area contributed by atoms with Crippen molar-refractivity contribution in [2.75, 3.05) is 5.88 Å². The van der Waals surface area contributed by atoms with Crippen LogP contribution in [0.4, 0.5) is 13.2 Å². The van der Waals surface area contributed by atoms with Crippen molar-refractivity contribution >= 4 is 17.7 Å². The zero-order chi connectivity index (χ0) is 11.3. The summed E-state index contributed by atoms with van der Waals surface area (Å²) in [6.07, 6.45) is -0.242. The van der Waals surface area contributed by atoms with Gasteiger partial charge in [0.25, 0.3) is 0 Å². The monoisotopic (exact) mass is 234 g/mol. The number of hydrogen-bond acceptors (Lipinski definition) is 0. The van der Waals surface area contributed by atoms with E-state index in [1.165, 1.54) is 6.07 Å². The highest BCUT2D eigenvalue weighted by Crippen LogP contribution is 2.29. The Hall–Kier alpha value is -0.960. The van der Waals surface area contributed by atoms with Crippen LogP contribution in [0.2, 0.25) is 0 Å². The van der Waals surface area contributed by atoms with Crippen LogP contribution in [0.25, 0.3) is 6.08 Å². The molecule has 1 rings (SSSR count). The molecule has 0 aliphatic heterocycles. The van der Waals surface area contributed by atoms with Crippen molar-refractivity contribution in [2.24, 2.45) is 0 Å². The second kappa shape index (κ2) is 5.21. The van der Waals surface area contributed by atoms with Crippen LogP contribution < -0.4 is 0 Å². The van der Waals surface area contributed by atoms with Gasteiger partial charge in [-0.15, -0.1) is 11.6 Å². The van der Waals surface area contributed by atoms with Crippen LogP contribution in [0.1, 0.15) is 17.5 Å². The fraction of sp³-hybridized carbons (Fsp3) is 0.273. The van der Waals surface area contributed by atoms with E-state index in [1.54, 1.807) is 18.2 Å². The minimum atomic E-state index is -4.28. The lowest BCUT2D eigenvalue weighted by Gasteiger charge is -2.06. The van der Waals surface area contributed by atoms with E-state index in [4.69, 9.17) is 11.6 Å². The van der Waals surface area contributed by atoms with Crippen molar-refractivity contribution in [1.82, 2.24) is 0 Å². The van der Waals surface area contributed by atoms with Crippen LogP contribution >= 0.6 is 11.6 Å². The molecule has 0 aliphatic rings. The third-order valence-electron chi connectivity index (χ3n) is 1.80. The largest absolute Gasteiger partial charge is 0.416 e. The molecule has 1 aromatic rings. The van der Waals surface area contributed by atoms with E-state index in [-0.39, 0.29) is 0 Å². The molecule has 0 N–H and O–H groups in total. The zero-order valence-corrected chi connectivity index (χ0v) is 8.65. The summed E-state index contributed by atoms with van der Waals surface area (Å²) in [5, 5.41) is 0. The maximum atomic E-state index is 12.3. The predicted molar refractivity (Wildman–Crippen MR) is 55.8 cm³/mol. The van der Waals surface area contributed by atoms with Crippen LogP contribution in [0.3, 0.4) is 0 Å². The molecule has 0 aromatic heterocycles. The smallest absolute Gasteiger partial charge is 0.166 e. The highest BCUT2D eigenvalue weighted by molar-refractivity contribution is 6.17. The van der Waals surface area contributed by atoms with Gasteiger partial charge in [-0.2, -0.15) is 13.2 Å². The lowest BCUT2D eigenvalue weighted by molar-refractivity contribution is -0.137. The second-order valence-electron chi connectivity index (χ2n) is 3.00. The van der Waals surface area contributed by atoms with Gasteiger partial charge >= 0.3 is 6.18 Å². The van der Waals surface area contributed by atoms with Gasteiger partial charge in [0.15, 0.2) is 0 Å². The summed E-state index contributed by atoms with van der Waals surface area (Å²) in [5.41, 5.74) is -0.0922. The first-order valence-electron chi connectivity index (χ1n) is 4.44. The number of alkyl halides is 4. The van der Waals surface area contributed by atoms with Crippen molar-refractivity contribution in [3.8, 4) is 0 Å². The fourth-order valence-corrected chi connectivity index (χ4v) is 1.23. The Balaban J connectivity index is 2.84. The minimum absolute atomic E-state index is 0.468. The van der Waals surface area contributed by atoms with Gasteiger partial charge < -0.3 is 0 Å². The summed E-state index contributed by atoms with van der Waals surface area (Å²) in [6.45, 7) is 0. The van der Waals surface area contributed by atoms with Gasteiger partial charge in [-0.3, -0.25) is 0 Å². The molecule has 0 heterocycles. The van der Waals surface area contributed by atoms with E-state index >= 15 is 0 Å². The summed E-state index contributed by atoms with van der Waals surface area (Å²) in [6, 6.07) is 5.19. The Morgan fingerprint density at radius 1 is 1.27 bits per heavy atom. The third kappa shape index (κ3) is 3.96. The Bertz CT molecular complexity index is 342. The molecule has 0 saturated carbocycles. The van der Waals surface area contributed by atoms with Gasteiger partial charge in [-0.25, -0.2) is 0 Å². The van der Waals surface area contributed by atoms with E-state index < -0.39 is 11.7 Å². The quantitative estimate of drug-likeness (QED) is 0.682. The molecule has 0 radical (unpaired) electrons. The van der Waals surface area contributed by atoms with Gasteiger partial charge in [0.05, 0.1) is 5.56 Å². The molecule has 15 heavy (non-hydrogen) atoms. The van der Waals surface area contributed by atoms with Gasteiger partial charge in [-0.05, 0) is 24.1 Å². The Labute approximate surface area is 91.4 Å². The molecule has 82 valence electrons. The van der Waals surface area contributed by atoms with Crippen molar-refractivity contribution < 1.29 is 13.2 Å². The van der Waals surface area contributed by atoms with Crippen LogP contribution in [-0.4, -0.2) is 5.88 Å². The molecule has 1 aromatic carbocycles. The average Bonchev–Trinajstić information content (AvgIpc) is 2.17. The molecule has 0 spiro atoms. The normalized spacial score (nSPS) is 12.3. The Kier molecular flexibility index (Phi) is 4.21. The SMILES string of the molecule is FC(F)(F)c1cccc(C=CCCCl)c1. The van der Waals surface area contributed by atoms with Crippen LogP contribution in [0.15, 0.2) is 30.3 Å². The van der Waals surface area contributed by atoms with E-state index in [0.29, 0.717) is 17.9 Å². The molecular weight excluding hydrogens is 225 g/mol. The summed E-state index contributed by atoms with van der Waals surface area (Å²) in [4.78, 5) is 0. The first-order valence-corrected chi connectivity index (χ1v) is 4.97. The van der Waals surface area contributed by atoms with Gasteiger partial charge in [0, 0.05) is 5.88 Å². The first kappa shape index (κ1) is 12.1. The number of allylic oxidation sites excluding steroid dienone is 1. The number of hydrogen-bond donors (Lipinski definition) is 0. The fourth-order valence-electron chi connectivity index (χ4n) is 1.10. The maximum Gasteiger partial charge on any atom is 0.416 e. The van der Waals surface area contributed by atoms with Crippen molar-refractivity contribution in [3.05, 3.63) is 41.5 Å². The average molecular weight is 235 g/mol. The molecule has 0 bridgehead atoms. The van der Waals surface area contributed by atoms with E-state index in [9.17, 15) is 13.2 Å². The van der Waals surface area contributed by atoms with Crippen LogP contribution in [-0.2, 0) is 6.18 Å². The van der Waals surface area contributed by atoms with E-state index in [2.05, 4.69) is 0 Å². The summed E-state index contributed by atoms with van der Waals surface area (Å²) < 4.78 is 36.9. The van der Waals surface area contributed by atoms with Crippen molar-refractivity contribution in [1.29, 1.82) is 0 Å². The Morgan fingerprint density at radius 3 is 2.60 bits per heavy atom.